The van der Waals surface area contributed by atoms with E-state index in [0.717, 1.165) is 25.0 Å². The monoisotopic (exact) mass is 260 g/mol. The highest BCUT2D eigenvalue weighted by atomic mass is 16.3. The van der Waals surface area contributed by atoms with Crippen LogP contribution in [0.1, 0.15) is 56.7 Å². The van der Waals surface area contributed by atoms with Crippen LogP contribution in [0, 0.1) is 5.92 Å². The average Bonchev–Trinajstić information content (AvgIpc) is 3.10. The standard InChI is InChI=1S/C16H24N2O/c19-16(13-6-2-1-3-7-13)12-14-10-11-18(17-14)15-8-4-5-9-15/h1-2,10-11,13,15-16,19H,3-9,12H2. The van der Waals surface area contributed by atoms with Crippen molar-refractivity contribution in [1.29, 1.82) is 0 Å². The van der Waals surface area contributed by atoms with E-state index in [1.165, 1.54) is 25.7 Å². The molecule has 1 saturated carbocycles. The van der Waals surface area contributed by atoms with E-state index >= 15 is 0 Å². The maximum atomic E-state index is 10.3. The van der Waals surface area contributed by atoms with Crippen molar-refractivity contribution in [3.63, 3.8) is 0 Å². The number of aliphatic hydroxyl groups excluding tert-OH is 1. The minimum absolute atomic E-state index is 0.239. The van der Waals surface area contributed by atoms with Crippen LogP contribution in [-0.2, 0) is 6.42 Å². The van der Waals surface area contributed by atoms with Crippen LogP contribution in [0.5, 0.6) is 0 Å². The minimum atomic E-state index is -0.239. The Labute approximate surface area is 115 Å². The maximum absolute atomic E-state index is 10.3. The molecule has 0 bridgehead atoms. The molecule has 2 aliphatic rings. The number of allylic oxidation sites excluding steroid dienone is 2. The lowest BCUT2D eigenvalue weighted by molar-refractivity contribution is 0.101. The molecular weight excluding hydrogens is 236 g/mol. The van der Waals surface area contributed by atoms with E-state index in [1.54, 1.807) is 0 Å². The van der Waals surface area contributed by atoms with Crippen molar-refractivity contribution in [2.24, 2.45) is 5.92 Å². The highest BCUT2D eigenvalue weighted by Crippen LogP contribution is 2.29. The van der Waals surface area contributed by atoms with Crippen molar-refractivity contribution in [3.05, 3.63) is 30.1 Å². The summed E-state index contributed by atoms with van der Waals surface area (Å²) in [5.74, 6) is 0.418. The van der Waals surface area contributed by atoms with Crippen molar-refractivity contribution in [3.8, 4) is 0 Å². The lowest BCUT2D eigenvalue weighted by Gasteiger charge is -2.23. The number of hydrogen-bond acceptors (Lipinski definition) is 2. The minimum Gasteiger partial charge on any atom is -0.392 e. The van der Waals surface area contributed by atoms with Gasteiger partial charge in [0.05, 0.1) is 17.8 Å². The molecule has 2 unspecified atom stereocenters. The highest BCUT2D eigenvalue weighted by molar-refractivity contribution is 5.03. The summed E-state index contributed by atoms with van der Waals surface area (Å²) in [7, 11) is 0. The zero-order chi connectivity index (χ0) is 13.1. The van der Waals surface area contributed by atoms with Gasteiger partial charge < -0.3 is 5.11 Å². The van der Waals surface area contributed by atoms with Gasteiger partial charge >= 0.3 is 0 Å². The van der Waals surface area contributed by atoms with Gasteiger partial charge in [0.25, 0.3) is 0 Å². The van der Waals surface area contributed by atoms with Gasteiger partial charge in [-0.1, -0.05) is 25.0 Å². The Bertz CT molecular complexity index is 432. The van der Waals surface area contributed by atoms with E-state index in [4.69, 9.17) is 0 Å². The first-order chi connectivity index (χ1) is 9.33. The Morgan fingerprint density at radius 1 is 1.26 bits per heavy atom. The quantitative estimate of drug-likeness (QED) is 0.844. The van der Waals surface area contributed by atoms with Gasteiger partial charge in [0.1, 0.15) is 0 Å². The molecule has 3 nitrogen and oxygen atoms in total. The lowest BCUT2D eigenvalue weighted by atomic mass is 9.87. The van der Waals surface area contributed by atoms with Gasteiger partial charge in [-0.15, -0.1) is 0 Å². The van der Waals surface area contributed by atoms with Crippen LogP contribution in [0.3, 0.4) is 0 Å². The zero-order valence-corrected chi connectivity index (χ0v) is 11.5. The highest BCUT2D eigenvalue weighted by Gasteiger charge is 2.22. The molecule has 1 aromatic heterocycles. The number of aliphatic hydroxyl groups is 1. The summed E-state index contributed by atoms with van der Waals surface area (Å²) in [5, 5.41) is 15.0. The van der Waals surface area contributed by atoms with Crippen LogP contribution in [0.4, 0.5) is 0 Å². The van der Waals surface area contributed by atoms with E-state index in [9.17, 15) is 5.11 Å². The first-order valence-corrected chi connectivity index (χ1v) is 7.70. The van der Waals surface area contributed by atoms with Gasteiger partial charge in [-0.2, -0.15) is 5.10 Å². The Morgan fingerprint density at radius 2 is 2.11 bits per heavy atom. The predicted octanol–water partition coefficient (Wildman–Crippen LogP) is 3.26. The van der Waals surface area contributed by atoms with Crippen LogP contribution in [0.25, 0.3) is 0 Å². The molecule has 0 amide bonds. The van der Waals surface area contributed by atoms with E-state index in [1.807, 2.05) is 0 Å². The summed E-state index contributed by atoms with van der Waals surface area (Å²) in [4.78, 5) is 0. The summed E-state index contributed by atoms with van der Waals surface area (Å²) in [6.45, 7) is 0. The largest absolute Gasteiger partial charge is 0.392 e. The molecule has 0 spiro atoms. The number of aromatic nitrogens is 2. The van der Waals surface area contributed by atoms with Crippen LogP contribution in [0.2, 0.25) is 0 Å². The fourth-order valence-electron chi connectivity index (χ4n) is 3.41. The Balaban J connectivity index is 1.58. The van der Waals surface area contributed by atoms with Gasteiger partial charge in [-0.25, -0.2) is 0 Å². The van der Waals surface area contributed by atoms with Crippen molar-refractivity contribution in [1.82, 2.24) is 9.78 Å². The number of rotatable bonds is 4. The topological polar surface area (TPSA) is 38.0 Å². The van der Waals surface area contributed by atoms with Crippen LogP contribution in [-0.4, -0.2) is 21.0 Å². The van der Waals surface area contributed by atoms with E-state index in [-0.39, 0.29) is 6.10 Å². The third kappa shape index (κ3) is 3.08. The third-order valence-corrected chi connectivity index (χ3v) is 4.63. The Morgan fingerprint density at radius 3 is 2.84 bits per heavy atom. The SMILES string of the molecule is OC(Cc1ccn(C2CCCC2)n1)C1CC=CCC1. The molecule has 19 heavy (non-hydrogen) atoms. The molecule has 2 atom stereocenters. The molecule has 1 N–H and O–H groups in total. The van der Waals surface area contributed by atoms with Crippen molar-refractivity contribution < 1.29 is 5.11 Å². The smallest absolute Gasteiger partial charge is 0.0650 e. The van der Waals surface area contributed by atoms with Crippen molar-refractivity contribution >= 4 is 0 Å². The van der Waals surface area contributed by atoms with Gasteiger partial charge in [0.15, 0.2) is 0 Å². The summed E-state index contributed by atoms with van der Waals surface area (Å²) in [5.41, 5.74) is 1.05. The van der Waals surface area contributed by atoms with E-state index < -0.39 is 0 Å². The normalized spacial score (nSPS) is 25.8. The summed E-state index contributed by atoms with van der Waals surface area (Å²) < 4.78 is 2.12. The number of nitrogens with zero attached hydrogens (tertiary/aromatic N) is 2. The van der Waals surface area contributed by atoms with Gasteiger partial charge in [-0.3, -0.25) is 4.68 Å². The fourth-order valence-corrected chi connectivity index (χ4v) is 3.41. The van der Waals surface area contributed by atoms with Gasteiger partial charge in [0.2, 0.25) is 0 Å². The molecule has 1 heterocycles. The molecule has 0 aliphatic heterocycles. The number of hydrogen-bond donors (Lipinski definition) is 1. The Hall–Kier alpha value is -1.09. The molecule has 3 rings (SSSR count). The molecule has 3 heteroatoms. The summed E-state index contributed by atoms with van der Waals surface area (Å²) >= 11 is 0. The molecular formula is C16H24N2O. The molecule has 104 valence electrons. The predicted molar refractivity (Wildman–Crippen MR) is 75.9 cm³/mol. The molecule has 2 aliphatic carbocycles. The van der Waals surface area contributed by atoms with Crippen LogP contribution in [0.15, 0.2) is 24.4 Å². The van der Waals surface area contributed by atoms with Crippen molar-refractivity contribution in [2.75, 3.05) is 0 Å². The van der Waals surface area contributed by atoms with Gasteiger partial charge in [-0.05, 0) is 44.1 Å². The second-order valence-corrected chi connectivity index (χ2v) is 6.04. The van der Waals surface area contributed by atoms with Crippen molar-refractivity contribution in [2.45, 2.75) is 63.5 Å². The average molecular weight is 260 g/mol. The summed E-state index contributed by atoms with van der Waals surface area (Å²) in [6, 6.07) is 2.68. The second kappa shape index (κ2) is 5.91. The van der Waals surface area contributed by atoms with E-state index in [0.29, 0.717) is 18.4 Å². The molecule has 0 saturated heterocycles. The molecule has 0 radical (unpaired) electrons. The first kappa shape index (κ1) is 12.9. The fraction of sp³-hybridized carbons (Fsp3) is 0.688. The first-order valence-electron chi connectivity index (χ1n) is 7.70. The van der Waals surface area contributed by atoms with Crippen LogP contribution < -0.4 is 0 Å². The lowest BCUT2D eigenvalue weighted by Crippen LogP contribution is -2.24. The zero-order valence-electron chi connectivity index (χ0n) is 11.5. The molecule has 1 fully saturated rings. The maximum Gasteiger partial charge on any atom is 0.0650 e. The second-order valence-electron chi connectivity index (χ2n) is 6.04. The Kier molecular flexibility index (Phi) is 4.02. The van der Waals surface area contributed by atoms with E-state index in [2.05, 4.69) is 34.2 Å². The molecule has 1 aromatic rings. The third-order valence-electron chi connectivity index (χ3n) is 4.63. The van der Waals surface area contributed by atoms with Gasteiger partial charge in [0, 0.05) is 12.6 Å². The van der Waals surface area contributed by atoms with Crippen LogP contribution >= 0.6 is 0 Å². The molecule has 0 aromatic carbocycles. The summed E-state index contributed by atoms with van der Waals surface area (Å²) in [6.07, 6.45) is 15.4.